The molecule has 0 saturated carbocycles. The number of aromatic nitrogens is 2. The summed E-state index contributed by atoms with van der Waals surface area (Å²) in [6.45, 7) is 4.36. The lowest BCUT2D eigenvalue weighted by Gasteiger charge is -2.11. The number of nitrogens with two attached hydrogens (primary N) is 1. The molecule has 0 unspecified atom stereocenters. The number of nitrogens with one attached hydrogen (secondary N) is 2. The first-order valence-electron chi connectivity index (χ1n) is 6.32. The van der Waals surface area contributed by atoms with E-state index in [0.29, 0.717) is 18.2 Å². The van der Waals surface area contributed by atoms with Crippen molar-refractivity contribution in [2.75, 3.05) is 11.1 Å². The fourth-order valence-corrected chi connectivity index (χ4v) is 2.39. The first-order chi connectivity index (χ1) is 9.56. The van der Waals surface area contributed by atoms with E-state index in [2.05, 4.69) is 20.6 Å². The normalized spacial score (nSPS) is 13.0. The van der Waals surface area contributed by atoms with Crippen molar-refractivity contribution in [2.45, 2.75) is 20.4 Å². The van der Waals surface area contributed by atoms with Crippen LogP contribution in [0.25, 0.3) is 0 Å². The fourth-order valence-electron chi connectivity index (χ4n) is 2.39. The number of nitrogen functional groups attached to an aromatic ring is 1. The van der Waals surface area contributed by atoms with Gasteiger partial charge in [0, 0.05) is 23.4 Å². The molecule has 3 rings (SSSR count). The molecule has 20 heavy (non-hydrogen) atoms. The van der Waals surface area contributed by atoms with Gasteiger partial charge in [0.25, 0.3) is 5.91 Å². The highest BCUT2D eigenvalue weighted by molar-refractivity contribution is 6.00. The highest BCUT2D eigenvalue weighted by Gasteiger charge is 2.21. The maximum absolute atomic E-state index is 11.7. The Bertz CT molecular complexity index is 711. The monoisotopic (exact) mass is 269 g/mol. The second kappa shape index (κ2) is 4.48. The molecule has 102 valence electrons. The van der Waals surface area contributed by atoms with Gasteiger partial charge in [-0.05, 0) is 37.1 Å². The number of benzene rings is 1. The third-order valence-corrected chi connectivity index (χ3v) is 3.47. The molecule has 2 aromatic rings. The number of hydrogen-bond donors (Lipinski definition) is 3. The molecule has 0 atom stereocenters. The number of carbonyl (C=O) groups is 1. The number of carbonyl (C=O) groups excluding carboxylic acids is 1. The lowest BCUT2D eigenvalue weighted by atomic mass is 10.0. The van der Waals surface area contributed by atoms with E-state index in [1.54, 1.807) is 0 Å². The van der Waals surface area contributed by atoms with Gasteiger partial charge in [-0.1, -0.05) is 0 Å². The molecular formula is C14H15N5O. The first-order valence-corrected chi connectivity index (χ1v) is 6.32. The number of rotatable bonds is 2. The molecule has 1 aromatic heterocycles. The van der Waals surface area contributed by atoms with Crippen molar-refractivity contribution in [3.63, 3.8) is 0 Å². The van der Waals surface area contributed by atoms with Crippen LogP contribution in [0.2, 0.25) is 0 Å². The van der Waals surface area contributed by atoms with Crippen molar-refractivity contribution < 1.29 is 4.79 Å². The van der Waals surface area contributed by atoms with Gasteiger partial charge in [-0.3, -0.25) is 4.79 Å². The summed E-state index contributed by atoms with van der Waals surface area (Å²) in [4.78, 5) is 19.8. The number of aryl methyl sites for hydroxylation is 1. The van der Waals surface area contributed by atoms with Gasteiger partial charge in [0.05, 0.1) is 0 Å². The average Bonchev–Trinajstić information content (AvgIpc) is 2.77. The summed E-state index contributed by atoms with van der Waals surface area (Å²) in [7, 11) is 0. The summed E-state index contributed by atoms with van der Waals surface area (Å²) in [5.74, 6) is 1.12. The Morgan fingerprint density at radius 1 is 1.30 bits per heavy atom. The quantitative estimate of drug-likeness (QED) is 0.771. The second-order valence-corrected chi connectivity index (χ2v) is 4.87. The van der Waals surface area contributed by atoms with E-state index in [4.69, 9.17) is 5.73 Å². The Morgan fingerprint density at radius 3 is 2.90 bits per heavy atom. The van der Waals surface area contributed by atoms with Crippen LogP contribution in [-0.2, 0) is 6.54 Å². The number of anilines is 3. The molecule has 0 spiro atoms. The van der Waals surface area contributed by atoms with Gasteiger partial charge in [0.2, 0.25) is 0 Å². The zero-order valence-corrected chi connectivity index (χ0v) is 11.3. The average molecular weight is 269 g/mol. The van der Waals surface area contributed by atoms with E-state index in [-0.39, 0.29) is 5.91 Å². The van der Waals surface area contributed by atoms with Crippen LogP contribution in [0.5, 0.6) is 0 Å². The Labute approximate surface area is 116 Å². The minimum absolute atomic E-state index is 0.00786. The molecule has 1 aliphatic heterocycles. The minimum Gasteiger partial charge on any atom is -0.383 e. The summed E-state index contributed by atoms with van der Waals surface area (Å²) in [6, 6.07) is 3.89. The Hall–Kier alpha value is -2.63. The van der Waals surface area contributed by atoms with Gasteiger partial charge in [-0.2, -0.15) is 0 Å². The molecule has 0 saturated heterocycles. The molecule has 2 heterocycles. The Balaban J connectivity index is 1.98. The van der Waals surface area contributed by atoms with Crippen molar-refractivity contribution in [3.8, 4) is 0 Å². The summed E-state index contributed by atoms with van der Waals surface area (Å²) >= 11 is 0. The summed E-state index contributed by atoms with van der Waals surface area (Å²) in [6.07, 6.45) is 1.43. The maximum atomic E-state index is 11.7. The minimum atomic E-state index is -0.00786. The number of amides is 1. The van der Waals surface area contributed by atoms with E-state index >= 15 is 0 Å². The highest BCUT2D eigenvalue weighted by atomic mass is 16.1. The predicted molar refractivity (Wildman–Crippen MR) is 76.8 cm³/mol. The molecule has 4 N–H and O–H groups in total. The molecule has 6 nitrogen and oxygen atoms in total. The molecule has 0 aliphatic carbocycles. The predicted octanol–water partition coefficient (Wildman–Crippen LogP) is 1.66. The third kappa shape index (κ3) is 1.95. The van der Waals surface area contributed by atoms with E-state index in [9.17, 15) is 4.79 Å². The van der Waals surface area contributed by atoms with E-state index in [1.807, 2.05) is 26.0 Å². The smallest absolute Gasteiger partial charge is 0.252 e. The third-order valence-electron chi connectivity index (χ3n) is 3.47. The fraction of sp³-hybridized carbons (Fsp3) is 0.214. The van der Waals surface area contributed by atoms with Gasteiger partial charge in [-0.15, -0.1) is 0 Å². The zero-order valence-electron chi connectivity index (χ0n) is 11.3. The molecule has 0 fully saturated rings. The van der Waals surface area contributed by atoms with Crippen molar-refractivity contribution in [1.29, 1.82) is 0 Å². The first kappa shape index (κ1) is 12.4. The SMILES string of the molecule is Cc1cc(Nc2ncnc(N)c2C)cc2c1C(=O)NC2. The molecule has 6 heteroatoms. The molecule has 0 bridgehead atoms. The molecule has 1 aliphatic rings. The van der Waals surface area contributed by atoms with Crippen LogP contribution in [-0.4, -0.2) is 15.9 Å². The van der Waals surface area contributed by atoms with Gasteiger partial charge in [-0.25, -0.2) is 9.97 Å². The van der Waals surface area contributed by atoms with E-state index < -0.39 is 0 Å². The lowest BCUT2D eigenvalue weighted by molar-refractivity contribution is 0.0965. The summed E-state index contributed by atoms with van der Waals surface area (Å²) in [5, 5.41) is 6.05. The summed E-state index contributed by atoms with van der Waals surface area (Å²) < 4.78 is 0. The van der Waals surface area contributed by atoms with Gasteiger partial charge < -0.3 is 16.4 Å². The van der Waals surface area contributed by atoms with E-state index in [0.717, 1.165) is 27.9 Å². The highest BCUT2D eigenvalue weighted by Crippen LogP contribution is 2.27. The summed E-state index contributed by atoms with van der Waals surface area (Å²) in [5.41, 5.74) is 10.2. The van der Waals surface area contributed by atoms with Crippen LogP contribution in [0, 0.1) is 13.8 Å². The van der Waals surface area contributed by atoms with Crippen LogP contribution >= 0.6 is 0 Å². The van der Waals surface area contributed by atoms with Crippen LogP contribution in [0.4, 0.5) is 17.3 Å². The molecular weight excluding hydrogens is 254 g/mol. The lowest BCUT2D eigenvalue weighted by Crippen LogP contribution is -2.13. The van der Waals surface area contributed by atoms with Crippen molar-refractivity contribution >= 4 is 23.2 Å². The van der Waals surface area contributed by atoms with Gasteiger partial charge >= 0.3 is 0 Å². The molecule has 1 aromatic carbocycles. The van der Waals surface area contributed by atoms with Crippen LogP contribution < -0.4 is 16.4 Å². The maximum Gasteiger partial charge on any atom is 0.252 e. The van der Waals surface area contributed by atoms with Crippen molar-refractivity contribution in [3.05, 3.63) is 40.7 Å². The standard InChI is InChI=1S/C14H15N5O/c1-7-3-10(4-9-5-16-14(20)11(7)9)19-13-8(2)12(15)17-6-18-13/h3-4,6H,5H2,1-2H3,(H,16,20)(H3,15,17,18,19). The van der Waals surface area contributed by atoms with Crippen LogP contribution in [0.15, 0.2) is 18.5 Å². The number of hydrogen-bond acceptors (Lipinski definition) is 5. The largest absolute Gasteiger partial charge is 0.383 e. The van der Waals surface area contributed by atoms with Gasteiger partial charge in [0.1, 0.15) is 18.0 Å². The van der Waals surface area contributed by atoms with Crippen molar-refractivity contribution in [1.82, 2.24) is 15.3 Å². The zero-order chi connectivity index (χ0) is 14.3. The molecule has 0 radical (unpaired) electrons. The number of fused-ring (bicyclic) bond motifs is 1. The van der Waals surface area contributed by atoms with Crippen LogP contribution in [0.1, 0.15) is 27.0 Å². The van der Waals surface area contributed by atoms with E-state index in [1.165, 1.54) is 6.33 Å². The topological polar surface area (TPSA) is 92.9 Å². The molecule has 1 amide bonds. The second-order valence-electron chi connectivity index (χ2n) is 4.87. The van der Waals surface area contributed by atoms with Crippen LogP contribution in [0.3, 0.4) is 0 Å². The van der Waals surface area contributed by atoms with Crippen molar-refractivity contribution in [2.24, 2.45) is 0 Å². The number of nitrogens with zero attached hydrogens (tertiary/aromatic N) is 2. The van der Waals surface area contributed by atoms with Gasteiger partial charge in [0.15, 0.2) is 0 Å². The Morgan fingerprint density at radius 2 is 2.10 bits per heavy atom. The Kier molecular flexibility index (Phi) is 2.78.